The van der Waals surface area contributed by atoms with E-state index < -0.39 is 32.7 Å². The van der Waals surface area contributed by atoms with Crippen molar-refractivity contribution in [2.75, 3.05) is 11.1 Å². The van der Waals surface area contributed by atoms with Gasteiger partial charge in [0.2, 0.25) is 5.91 Å². The number of aliphatic carboxylic acids is 1. The number of anilines is 1. The summed E-state index contributed by atoms with van der Waals surface area (Å²) in [7, 11) is -4.08. The highest BCUT2D eigenvalue weighted by molar-refractivity contribution is 7.93. The molecule has 1 unspecified atom stereocenters. The number of carbonyl (C=O) groups excluding carboxylic acids is 1. The average Bonchev–Trinajstić information content (AvgIpc) is 2.60. The minimum atomic E-state index is -4.08. The number of carbonyl (C=O) groups is 2. The van der Waals surface area contributed by atoms with Crippen LogP contribution in [0, 0.1) is 0 Å². The minimum absolute atomic E-state index is 0.0287. The number of carboxylic acid groups (broad SMARTS) is 1. The molecule has 1 atom stereocenters. The number of unbranched alkanes of at least 4 members (excludes halogenated alkanes) is 3. The lowest BCUT2D eigenvalue weighted by Gasteiger charge is -2.13. The monoisotopic (exact) mass is 391 g/mol. The Morgan fingerprint density at radius 2 is 1.74 bits per heavy atom. The number of sulfone groups is 1. The molecular weight excluding hydrogens is 366 g/mol. The number of carboxylic acids is 1. The lowest BCUT2D eigenvalue weighted by molar-refractivity contribution is -0.136. The summed E-state index contributed by atoms with van der Waals surface area (Å²) in [4.78, 5) is 23.6. The van der Waals surface area contributed by atoms with E-state index in [0.717, 1.165) is 30.0 Å². The summed E-state index contributed by atoms with van der Waals surface area (Å²) < 4.78 is 24.8. The van der Waals surface area contributed by atoms with Crippen LogP contribution in [-0.2, 0) is 19.4 Å². The zero-order valence-electron chi connectivity index (χ0n) is 15.3. The maximum Gasteiger partial charge on any atom is 0.321 e. The van der Waals surface area contributed by atoms with Gasteiger partial charge < -0.3 is 10.4 Å². The highest BCUT2D eigenvalue weighted by atomic mass is 32.2. The van der Waals surface area contributed by atoms with Crippen LogP contribution in [0.2, 0.25) is 0 Å². The quantitative estimate of drug-likeness (QED) is 0.603. The van der Waals surface area contributed by atoms with Gasteiger partial charge in [-0.05, 0) is 29.3 Å². The molecule has 0 aromatic heterocycles. The van der Waals surface area contributed by atoms with Crippen molar-refractivity contribution in [3.8, 4) is 0 Å². The molecule has 7 heteroatoms. The van der Waals surface area contributed by atoms with Crippen LogP contribution >= 0.6 is 0 Å². The lowest BCUT2D eigenvalue weighted by atomic mass is 10.1. The van der Waals surface area contributed by atoms with E-state index >= 15 is 0 Å². The van der Waals surface area contributed by atoms with E-state index in [1.807, 2.05) is 37.3 Å². The van der Waals surface area contributed by atoms with Gasteiger partial charge in [-0.15, -0.1) is 0 Å². The van der Waals surface area contributed by atoms with Crippen LogP contribution in [0.15, 0.2) is 42.5 Å². The molecule has 2 rings (SSSR count). The van der Waals surface area contributed by atoms with Gasteiger partial charge in [-0.2, -0.15) is 0 Å². The largest absolute Gasteiger partial charge is 0.480 e. The first-order valence-corrected chi connectivity index (χ1v) is 10.8. The summed E-state index contributed by atoms with van der Waals surface area (Å²) in [6, 6.07) is 12.9. The van der Waals surface area contributed by atoms with Gasteiger partial charge in [0.05, 0.1) is 0 Å². The van der Waals surface area contributed by atoms with Crippen LogP contribution < -0.4 is 5.32 Å². The molecule has 146 valence electrons. The smallest absolute Gasteiger partial charge is 0.321 e. The van der Waals surface area contributed by atoms with Crippen molar-refractivity contribution in [2.24, 2.45) is 0 Å². The van der Waals surface area contributed by atoms with Crippen LogP contribution in [0.3, 0.4) is 0 Å². The van der Waals surface area contributed by atoms with Crippen molar-refractivity contribution in [1.29, 1.82) is 0 Å². The van der Waals surface area contributed by atoms with Gasteiger partial charge in [0.15, 0.2) is 15.1 Å². The topological polar surface area (TPSA) is 101 Å². The molecule has 27 heavy (non-hydrogen) atoms. The molecule has 2 aromatic rings. The van der Waals surface area contributed by atoms with Gasteiger partial charge >= 0.3 is 5.97 Å². The van der Waals surface area contributed by atoms with Gasteiger partial charge in [-0.1, -0.05) is 62.9 Å². The number of fused-ring (bicyclic) bond motifs is 1. The molecule has 0 aliphatic carbocycles. The van der Waals surface area contributed by atoms with Crippen LogP contribution in [0.1, 0.15) is 39.0 Å². The number of hydrogen-bond donors (Lipinski definition) is 2. The van der Waals surface area contributed by atoms with E-state index in [-0.39, 0.29) is 6.42 Å². The first-order valence-electron chi connectivity index (χ1n) is 9.06. The standard InChI is InChI=1S/C20H25NO5S/c1-2-3-4-5-10-18(20(23)24)27(25,26)14-19(22)21-17-12-11-15-8-6-7-9-16(15)13-17/h6-9,11-13,18H,2-5,10,14H2,1H3,(H,21,22)(H,23,24). The molecule has 6 nitrogen and oxygen atoms in total. The van der Waals surface area contributed by atoms with Gasteiger partial charge in [-0.25, -0.2) is 8.42 Å². The maximum atomic E-state index is 12.4. The number of hydrogen-bond acceptors (Lipinski definition) is 4. The fraction of sp³-hybridized carbons (Fsp3) is 0.400. The third-order valence-electron chi connectivity index (χ3n) is 4.39. The maximum absolute atomic E-state index is 12.4. The minimum Gasteiger partial charge on any atom is -0.480 e. The molecule has 2 aromatic carbocycles. The Balaban J connectivity index is 2.03. The second-order valence-electron chi connectivity index (χ2n) is 6.59. The fourth-order valence-corrected chi connectivity index (χ4v) is 4.43. The van der Waals surface area contributed by atoms with Crippen molar-refractivity contribution < 1.29 is 23.1 Å². The molecular formula is C20H25NO5S. The predicted molar refractivity (Wildman–Crippen MR) is 107 cm³/mol. The Morgan fingerprint density at radius 1 is 1.04 bits per heavy atom. The molecule has 0 fully saturated rings. The number of amides is 1. The number of nitrogens with one attached hydrogen (secondary N) is 1. The van der Waals surface area contributed by atoms with Crippen LogP contribution in [0.4, 0.5) is 5.69 Å². The summed E-state index contributed by atoms with van der Waals surface area (Å²) >= 11 is 0. The summed E-state index contributed by atoms with van der Waals surface area (Å²) in [5.74, 6) is -2.97. The van der Waals surface area contributed by atoms with E-state index in [1.165, 1.54) is 0 Å². The number of rotatable bonds is 10. The van der Waals surface area contributed by atoms with E-state index in [4.69, 9.17) is 0 Å². The Kier molecular flexibility index (Phi) is 7.36. The second kappa shape index (κ2) is 9.50. The summed E-state index contributed by atoms with van der Waals surface area (Å²) in [5, 5.41) is 12.2. The molecule has 0 heterocycles. The van der Waals surface area contributed by atoms with Crippen LogP contribution in [0.25, 0.3) is 10.8 Å². The molecule has 0 bridgehead atoms. The molecule has 1 amide bonds. The van der Waals surface area contributed by atoms with E-state index in [0.29, 0.717) is 12.1 Å². The summed E-state index contributed by atoms with van der Waals surface area (Å²) in [5.41, 5.74) is 0.476. The van der Waals surface area contributed by atoms with E-state index in [1.54, 1.807) is 12.1 Å². The van der Waals surface area contributed by atoms with Crippen molar-refractivity contribution in [1.82, 2.24) is 0 Å². The predicted octanol–water partition coefficient (Wildman–Crippen LogP) is 3.62. The second-order valence-corrected chi connectivity index (χ2v) is 8.78. The summed E-state index contributed by atoms with van der Waals surface area (Å²) in [6.45, 7) is 2.02. The molecule has 0 aliphatic rings. The molecule has 0 saturated carbocycles. The Morgan fingerprint density at radius 3 is 2.41 bits per heavy atom. The van der Waals surface area contributed by atoms with Gasteiger partial charge in [0, 0.05) is 5.69 Å². The Bertz CT molecular complexity index is 907. The third-order valence-corrected chi connectivity index (χ3v) is 6.36. The Hall–Kier alpha value is -2.41. The normalized spacial score (nSPS) is 12.6. The molecule has 2 N–H and O–H groups in total. The zero-order chi connectivity index (χ0) is 19.9. The van der Waals surface area contributed by atoms with Gasteiger partial charge in [0.1, 0.15) is 5.75 Å². The highest BCUT2D eigenvalue weighted by Gasteiger charge is 2.33. The highest BCUT2D eigenvalue weighted by Crippen LogP contribution is 2.19. The molecule has 0 spiro atoms. The van der Waals surface area contributed by atoms with E-state index in [9.17, 15) is 23.1 Å². The zero-order valence-corrected chi connectivity index (χ0v) is 16.2. The first-order chi connectivity index (χ1) is 12.8. The fourth-order valence-electron chi connectivity index (χ4n) is 2.96. The lowest BCUT2D eigenvalue weighted by Crippen LogP contribution is -2.36. The van der Waals surface area contributed by atoms with Crippen molar-refractivity contribution in [3.63, 3.8) is 0 Å². The molecule has 0 aliphatic heterocycles. The van der Waals surface area contributed by atoms with Crippen molar-refractivity contribution in [3.05, 3.63) is 42.5 Å². The average molecular weight is 391 g/mol. The van der Waals surface area contributed by atoms with Crippen LogP contribution in [-0.4, -0.2) is 36.4 Å². The Labute approximate surface area is 159 Å². The third kappa shape index (κ3) is 6.06. The summed E-state index contributed by atoms with van der Waals surface area (Å²) in [6.07, 6.45) is 3.21. The first kappa shape index (κ1) is 20.9. The van der Waals surface area contributed by atoms with E-state index in [2.05, 4.69) is 5.32 Å². The SMILES string of the molecule is CCCCCCC(C(=O)O)S(=O)(=O)CC(=O)Nc1ccc2ccccc2c1. The van der Waals surface area contributed by atoms with Gasteiger partial charge in [-0.3, -0.25) is 9.59 Å². The van der Waals surface area contributed by atoms with Crippen molar-refractivity contribution >= 4 is 38.2 Å². The van der Waals surface area contributed by atoms with Crippen molar-refractivity contribution in [2.45, 2.75) is 44.3 Å². The number of benzene rings is 2. The molecule has 0 radical (unpaired) electrons. The molecule has 0 saturated heterocycles. The van der Waals surface area contributed by atoms with Gasteiger partial charge in [0.25, 0.3) is 0 Å². The van der Waals surface area contributed by atoms with Crippen LogP contribution in [0.5, 0.6) is 0 Å².